The number of benzene rings is 2. The summed E-state index contributed by atoms with van der Waals surface area (Å²) in [5, 5.41) is 29.0. The molecular formula is C34H42ClFN10O. The van der Waals surface area contributed by atoms with Crippen molar-refractivity contribution in [1.29, 1.82) is 5.41 Å². The summed E-state index contributed by atoms with van der Waals surface area (Å²) < 4.78 is 15.2. The molecule has 0 amide bonds. The van der Waals surface area contributed by atoms with Gasteiger partial charge in [-0.15, -0.1) is 0 Å². The van der Waals surface area contributed by atoms with Gasteiger partial charge in [-0.05, 0) is 86.2 Å². The van der Waals surface area contributed by atoms with Gasteiger partial charge in [-0.2, -0.15) is 0 Å². The van der Waals surface area contributed by atoms with Gasteiger partial charge >= 0.3 is 0 Å². The third kappa shape index (κ3) is 9.29. The van der Waals surface area contributed by atoms with Crippen molar-refractivity contribution in [3.63, 3.8) is 0 Å². The molecule has 1 aliphatic heterocycles. The molecule has 0 radical (unpaired) electrons. The highest BCUT2D eigenvalue weighted by Gasteiger charge is 2.20. The van der Waals surface area contributed by atoms with E-state index in [1.807, 2.05) is 49.4 Å². The zero-order valence-electron chi connectivity index (χ0n) is 26.3. The number of fused-ring (bicyclic) bond motifs is 1. The van der Waals surface area contributed by atoms with E-state index in [2.05, 4.69) is 30.9 Å². The zero-order valence-corrected chi connectivity index (χ0v) is 27.1. The molecule has 0 fully saturated rings. The minimum atomic E-state index is -1.16. The van der Waals surface area contributed by atoms with Crippen LogP contribution in [0.3, 0.4) is 0 Å². The second-order valence-electron chi connectivity index (χ2n) is 11.8. The second kappa shape index (κ2) is 15.9. The van der Waals surface area contributed by atoms with Gasteiger partial charge in [0.25, 0.3) is 0 Å². The van der Waals surface area contributed by atoms with E-state index < -0.39 is 12.2 Å². The Morgan fingerprint density at radius 2 is 1.89 bits per heavy atom. The number of nitrogens with two attached hydrogens (primary N) is 2. The number of guanidine groups is 1. The predicted octanol–water partition coefficient (Wildman–Crippen LogP) is 3.14. The number of rotatable bonds is 15. The Balaban J connectivity index is 1.27. The topological polar surface area (TPSA) is 176 Å². The zero-order chi connectivity index (χ0) is 33.3. The molecule has 0 spiro atoms. The number of aromatic nitrogens is 2. The fraction of sp³-hybridized carbons (Fsp3) is 0.324. The monoisotopic (exact) mass is 660 g/mol. The molecule has 13 heteroatoms. The van der Waals surface area contributed by atoms with E-state index in [9.17, 15) is 5.11 Å². The predicted molar refractivity (Wildman–Crippen MR) is 186 cm³/mol. The maximum absolute atomic E-state index is 15.2. The number of hydrogen-bond acceptors (Lipinski definition) is 8. The Kier molecular flexibility index (Phi) is 11.4. The molecular weight excluding hydrogens is 619 g/mol. The summed E-state index contributed by atoms with van der Waals surface area (Å²) in [5.74, 6) is -0.560. The van der Waals surface area contributed by atoms with Crippen LogP contribution in [0.1, 0.15) is 37.3 Å². The lowest BCUT2D eigenvalue weighted by Crippen LogP contribution is -2.41. The van der Waals surface area contributed by atoms with E-state index in [1.54, 1.807) is 35.6 Å². The normalized spacial score (nSPS) is 15.3. The van der Waals surface area contributed by atoms with Crippen molar-refractivity contribution in [3.05, 3.63) is 99.7 Å². The molecule has 3 heterocycles. The van der Waals surface area contributed by atoms with Crippen LogP contribution in [-0.4, -0.2) is 52.6 Å². The highest BCUT2D eigenvalue weighted by molar-refractivity contribution is 6.31. The van der Waals surface area contributed by atoms with Gasteiger partial charge in [-0.3, -0.25) is 10.4 Å². The smallest absolute Gasteiger partial charge is 0.231 e. The summed E-state index contributed by atoms with van der Waals surface area (Å²) in [6, 6.07) is 17.2. The first-order valence-corrected chi connectivity index (χ1v) is 16.1. The SMILES string of the molecule is C[C@H](N)CCCc1cc(Cl)c(F)c(-c2cc3c([nH]2)=NC(O)N(c2ccc(CN[C@H](CCNC(=N)N)CNc4ccncc4)cc2)C=3)c1. The van der Waals surface area contributed by atoms with Crippen molar-refractivity contribution in [2.45, 2.75) is 57.6 Å². The summed E-state index contributed by atoms with van der Waals surface area (Å²) >= 11 is 6.27. The molecule has 1 aliphatic rings. The molecule has 47 heavy (non-hydrogen) atoms. The van der Waals surface area contributed by atoms with Gasteiger partial charge in [0.15, 0.2) is 11.8 Å². The van der Waals surface area contributed by atoms with Gasteiger partial charge in [-0.25, -0.2) is 9.38 Å². The van der Waals surface area contributed by atoms with Gasteiger partial charge in [0, 0.05) is 72.5 Å². The number of aliphatic hydroxyl groups is 1. The minimum Gasteiger partial charge on any atom is -0.383 e. The quantitative estimate of drug-likeness (QED) is 0.0708. The highest BCUT2D eigenvalue weighted by Crippen LogP contribution is 2.29. The number of pyridine rings is 1. The van der Waals surface area contributed by atoms with Crippen molar-refractivity contribution in [3.8, 4) is 11.3 Å². The van der Waals surface area contributed by atoms with Crippen LogP contribution in [0.25, 0.3) is 17.5 Å². The van der Waals surface area contributed by atoms with Crippen LogP contribution >= 0.6 is 11.6 Å². The molecule has 11 nitrogen and oxygen atoms in total. The number of H-pyrrole nitrogens is 1. The van der Waals surface area contributed by atoms with Gasteiger partial charge in [0.2, 0.25) is 6.35 Å². The van der Waals surface area contributed by atoms with Gasteiger partial charge in [0.05, 0.1) is 10.7 Å². The Hall–Kier alpha value is -4.49. The number of aromatic amines is 1. The number of aliphatic hydroxyl groups excluding tert-OH is 1. The molecule has 1 unspecified atom stereocenters. The van der Waals surface area contributed by atoms with E-state index in [4.69, 9.17) is 28.5 Å². The van der Waals surface area contributed by atoms with Crippen LogP contribution in [0.15, 0.2) is 72.0 Å². The summed E-state index contributed by atoms with van der Waals surface area (Å²) in [5.41, 5.74) is 16.4. The molecule has 4 aromatic rings. The third-order valence-corrected chi connectivity index (χ3v) is 8.25. The Morgan fingerprint density at radius 1 is 1.13 bits per heavy atom. The average molecular weight is 661 g/mol. The molecule has 2 aromatic carbocycles. The number of hydrogen-bond donors (Lipinski definition) is 8. The molecule has 3 atom stereocenters. The largest absolute Gasteiger partial charge is 0.383 e. The van der Waals surface area contributed by atoms with E-state index in [0.717, 1.165) is 53.4 Å². The number of nitrogens with one attached hydrogen (secondary N) is 5. The van der Waals surface area contributed by atoms with Crippen LogP contribution in [0, 0.1) is 11.2 Å². The summed E-state index contributed by atoms with van der Waals surface area (Å²) in [4.78, 5) is 13.3. The van der Waals surface area contributed by atoms with E-state index in [0.29, 0.717) is 36.4 Å². The van der Waals surface area contributed by atoms with E-state index in [-0.39, 0.29) is 23.1 Å². The molecule has 2 aromatic heterocycles. The second-order valence-corrected chi connectivity index (χ2v) is 12.2. The van der Waals surface area contributed by atoms with Gasteiger partial charge in [-0.1, -0.05) is 23.7 Å². The fourth-order valence-electron chi connectivity index (χ4n) is 5.44. The van der Waals surface area contributed by atoms with Crippen LogP contribution in [0.5, 0.6) is 0 Å². The fourth-order valence-corrected chi connectivity index (χ4v) is 5.68. The van der Waals surface area contributed by atoms with E-state index in [1.165, 1.54) is 0 Å². The van der Waals surface area contributed by atoms with Crippen molar-refractivity contribution < 1.29 is 9.50 Å². The first-order chi connectivity index (χ1) is 22.7. The molecule has 0 saturated heterocycles. The number of anilines is 2. The standard InChI is InChI=1S/C34H42ClFN10O/c1-21(37)3-2-4-23-15-28(31(36)29(35)16-23)30-17-24-20-46(34(47)45-32(24)44-30)27-7-5-22(6-8-27)18-42-26(11-14-41-33(38)39)19-43-25-9-12-40-13-10-25/h5-10,12-13,15-17,20-21,26,34,42,47H,2-4,11,14,18-19,37H2,1H3,(H,40,43)(H,44,45)(H4,38,39,41)/t21-,26+,34?/m0/s1. The Bertz CT molecular complexity index is 1760. The lowest BCUT2D eigenvalue weighted by molar-refractivity contribution is 0.186. The lowest BCUT2D eigenvalue weighted by atomic mass is 10.0. The molecule has 0 saturated carbocycles. The van der Waals surface area contributed by atoms with E-state index >= 15 is 4.39 Å². The lowest BCUT2D eigenvalue weighted by Gasteiger charge is -2.25. The Labute approximate surface area is 278 Å². The minimum absolute atomic E-state index is 0.0533. The first kappa shape index (κ1) is 33.9. The van der Waals surface area contributed by atoms with Crippen molar-refractivity contribution >= 4 is 35.1 Å². The van der Waals surface area contributed by atoms with Crippen LogP contribution in [-0.2, 0) is 13.0 Å². The van der Waals surface area contributed by atoms with Crippen molar-refractivity contribution in [2.75, 3.05) is 23.3 Å². The summed E-state index contributed by atoms with van der Waals surface area (Å²) in [6.45, 7) is 3.82. The average Bonchev–Trinajstić information content (AvgIpc) is 3.46. The van der Waals surface area contributed by atoms with Gasteiger partial charge < -0.3 is 42.4 Å². The highest BCUT2D eigenvalue weighted by atomic mass is 35.5. The molecule has 5 rings (SSSR count). The molecule has 248 valence electrons. The maximum Gasteiger partial charge on any atom is 0.231 e. The molecule has 0 bridgehead atoms. The number of nitrogens with zero attached hydrogens (tertiary/aromatic N) is 3. The Morgan fingerprint density at radius 3 is 2.62 bits per heavy atom. The number of halogens is 2. The van der Waals surface area contributed by atoms with Crippen LogP contribution < -0.4 is 43.0 Å². The summed E-state index contributed by atoms with van der Waals surface area (Å²) in [7, 11) is 0. The number of aryl methyl sites for hydroxylation is 1. The van der Waals surface area contributed by atoms with Crippen LogP contribution in [0.4, 0.5) is 15.8 Å². The third-order valence-electron chi connectivity index (χ3n) is 7.97. The molecule has 0 aliphatic carbocycles. The first-order valence-electron chi connectivity index (χ1n) is 15.7. The van der Waals surface area contributed by atoms with Crippen molar-refractivity contribution in [1.82, 2.24) is 20.6 Å². The molecule has 10 N–H and O–H groups in total. The summed E-state index contributed by atoms with van der Waals surface area (Å²) in [6.07, 6.45) is 7.36. The van der Waals surface area contributed by atoms with Gasteiger partial charge in [0.1, 0.15) is 5.49 Å². The maximum atomic E-state index is 15.2. The van der Waals surface area contributed by atoms with Crippen LogP contribution in [0.2, 0.25) is 5.02 Å². The van der Waals surface area contributed by atoms with Crippen molar-refractivity contribution in [2.24, 2.45) is 16.5 Å².